The number of carbonyl (C=O) groups excluding carboxylic acids is 1. The fraction of sp³-hybridized carbons (Fsp3) is 0.161. The summed E-state index contributed by atoms with van der Waals surface area (Å²) >= 11 is 3.53. The van der Waals surface area contributed by atoms with Gasteiger partial charge in [-0.25, -0.2) is 9.37 Å². The summed E-state index contributed by atoms with van der Waals surface area (Å²) in [6.45, 7) is 3.50. The molecule has 2 aromatic carbocycles. The molecule has 0 aliphatic carbocycles. The fourth-order valence-electron chi connectivity index (χ4n) is 4.60. The Morgan fingerprint density at radius 3 is 2.34 bits per heavy atom. The Balaban J connectivity index is 1.41. The van der Waals surface area contributed by atoms with Crippen LogP contribution in [0.25, 0.3) is 16.7 Å². The smallest absolute Gasteiger partial charge is 0.266 e. The van der Waals surface area contributed by atoms with E-state index in [2.05, 4.69) is 25.9 Å². The first-order chi connectivity index (χ1) is 19.7. The molecule has 0 saturated carbocycles. The van der Waals surface area contributed by atoms with Gasteiger partial charge >= 0.3 is 0 Å². The summed E-state index contributed by atoms with van der Waals surface area (Å²) in [6.07, 6.45) is 1.62. The van der Waals surface area contributed by atoms with E-state index in [1.54, 1.807) is 56.4 Å². The van der Waals surface area contributed by atoms with E-state index in [4.69, 9.17) is 14.2 Å². The number of hydrogen-bond acceptors (Lipinski definition) is 7. The van der Waals surface area contributed by atoms with Crippen molar-refractivity contribution in [2.75, 3.05) is 14.2 Å². The van der Waals surface area contributed by atoms with Gasteiger partial charge in [0.25, 0.3) is 11.4 Å². The Morgan fingerprint density at radius 1 is 0.976 bits per heavy atom. The molecule has 0 saturated heterocycles. The van der Waals surface area contributed by atoms with Gasteiger partial charge in [0.1, 0.15) is 17.1 Å². The molecule has 208 valence electrons. The van der Waals surface area contributed by atoms with Crippen LogP contribution in [0.4, 0.5) is 4.39 Å². The molecule has 0 bridgehead atoms. The van der Waals surface area contributed by atoms with Crippen LogP contribution in [-0.4, -0.2) is 34.5 Å². The number of carbonyl (C=O) groups is 1. The maximum Gasteiger partial charge on any atom is 0.266 e. The van der Waals surface area contributed by atoms with E-state index >= 15 is 0 Å². The zero-order valence-corrected chi connectivity index (χ0v) is 24.3. The average molecular weight is 618 g/mol. The highest BCUT2D eigenvalue weighted by Crippen LogP contribution is 2.34. The number of nitrogens with zero attached hydrogens (tertiary/aromatic N) is 3. The highest BCUT2D eigenvalue weighted by molar-refractivity contribution is 9.10. The van der Waals surface area contributed by atoms with Crippen LogP contribution in [0.5, 0.6) is 23.1 Å². The number of halogens is 2. The summed E-state index contributed by atoms with van der Waals surface area (Å²) in [5, 5.41) is 0. The first-order valence-electron chi connectivity index (χ1n) is 12.6. The Labute approximate surface area is 243 Å². The van der Waals surface area contributed by atoms with Gasteiger partial charge in [0.05, 0.1) is 25.3 Å². The lowest BCUT2D eigenvalue weighted by atomic mass is 9.99. The van der Waals surface area contributed by atoms with E-state index in [0.29, 0.717) is 61.1 Å². The highest BCUT2D eigenvalue weighted by atomic mass is 79.9. The lowest BCUT2D eigenvalue weighted by molar-refractivity contribution is 0.0990. The van der Waals surface area contributed by atoms with Crippen LogP contribution in [0.1, 0.15) is 27.2 Å². The van der Waals surface area contributed by atoms with Crippen molar-refractivity contribution in [1.29, 1.82) is 0 Å². The zero-order valence-electron chi connectivity index (χ0n) is 22.7. The first kappa shape index (κ1) is 28.0. The Kier molecular flexibility index (Phi) is 7.85. The Hall–Kier alpha value is -4.57. The summed E-state index contributed by atoms with van der Waals surface area (Å²) in [6, 6.07) is 16.0. The van der Waals surface area contributed by atoms with Crippen LogP contribution in [0.15, 0.2) is 76.1 Å². The molecule has 0 aliphatic heterocycles. The molecular weight excluding hydrogens is 593 g/mol. The number of rotatable bonds is 8. The van der Waals surface area contributed by atoms with Gasteiger partial charge in [-0.2, -0.15) is 0 Å². The Morgan fingerprint density at radius 2 is 1.68 bits per heavy atom. The summed E-state index contributed by atoms with van der Waals surface area (Å²) in [5.41, 5.74) is 3.05. The molecule has 0 amide bonds. The largest absolute Gasteiger partial charge is 0.491 e. The standard InChI is InChI=1S/C31H25BrFN3O5/c1-17-27(31(38)36(18(2)28(17)32)21-9-7-20(33)8-10-21)24(37)15-19-5-11-22(12-6-19)41-25-13-14-34-23-16-26(39-3)30(40-4)35-29(23)25/h5-14,16H,15H2,1-4H3. The van der Waals surface area contributed by atoms with Gasteiger partial charge in [-0.15, -0.1) is 0 Å². The second kappa shape index (κ2) is 11.5. The van der Waals surface area contributed by atoms with Crippen LogP contribution in [0, 0.1) is 19.7 Å². The molecule has 5 rings (SSSR count). The Bertz CT molecular complexity index is 1840. The van der Waals surface area contributed by atoms with Crippen molar-refractivity contribution in [2.24, 2.45) is 0 Å². The van der Waals surface area contributed by atoms with Crippen LogP contribution >= 0.6 is 15.9 Å². The van der Waals surface area contributed by atoms with E-state index in [1.807, 2.05) is 0 Å². The predicted molar refractivity (Wildman–Crippen MR) is 156 cm³/mol. The minimum atomic E-state index is -0.455. The molecule has 3 aromatic heterocycles. The van der Waals surface area contributed by atoms with Crippen molar-refractivity contribution in [1.82, 2.24) is 14.5 Å². The number of benzene rings is 2. The van der Waals surface area contributed by atoms with E-state index in [-0.39, 0.29) is 17.8 Å². The lowest BCUT2D eigenvalue weighted by Crippen LogP contribution is -2.29. The van der Waals surface area contributed by atoms with Crippen molar-refractivity contribution >= 4 is 32.7 Å². The van der Waals surface area contributed by atoms with Gasteiger partial charge in [0.15, 0.2) is 17.3 Å². The molecule has 0 radical (unpaired) electrons. The number of ether oxygens (including phenoxy) is 3. The van der Waals surface area contributed by atoms with E-state index in [0.717, 1.165) is 0 Å². The van der Waals surface area contributed by atoms with Crippen molar-refractivity contribution in [3.8, 4) is 28.8 Å². The van der Waals surface area contributed by atoms with Crippen molar-refractivity contribution in [3.05, 3.63) is 110 Å². The molecule has 41 heavy (non-hydrogen) atoms. The van der Waals surface area contributed by atoms with Gasteiger partial charge in [-0.3, -0.25) is 19.1 Å². The number of aromatic nitrogens is 3. The van der Waals surface area contributed by atoms with Crippen molar-refractivity contribution in [3.63, 3.8) is 0 Å². The number of hydrogen-bond donors (Lipinski definition) is 0. The normalized spacial score (nSPS) is 11.0. The van der Waals surface area contributed by atoms with Crippen molar-refractivity contribution in [2.45, 2.75) is 20.3 Å². The number of fused-ring (bicyclic) bond motifs is 1. The number of methoxy groups -OCH3 is 2. The van der Waals surface area contributed by atoms with Crippen LogP contribution < -0.4 is 19.8 Å². The van der Waals surface area contributed by atoms with E-state index in [9.17, 15) is 14.0 Å². The molecule has 5 aromatic rings. The van der Waals surface area contributed by atoms with E-state index in [1.165, 1.54) is 43.1 Å². The zero-order chi connectivity index (χ0) is 29.3. The molecule has 0 N–H and O–H groups in total. The molecular formula is C31H25BrFN3O5. The van der Waals surface area contributed by atoms with Gasteiger partial charge in [-0.05, 0) is 77.3 Å². The molecule has 0 spiro atoms. The minimum Gasteiger partial charge on any atom is -0.491 e. The SMILES string of the molecule is COc1cc2nccc(Oc3ccc(CC(=O)c4c(C)c(Br)c(C)n(-c5ccc(F)cc5)c4=O)cc3)c2nc1OC. The quantitative estimate of drug-likeness (QED) is 0.183. The molecule has 3 heterocycles. The van der Waals surface area contributed by atoms with Gasteiger partial charge in [-0.1, -0.05) is 12.1 Å². The third-order valence-corrected chi connectivity index (χ3v) is 7.84. The number of pyridine rings is 3. The molecule has 0 atom stereocenters. The molecule has 8 nitrogen and oxygen atoms in total. The van der Waals surface area contributed by atoms with Crippen LogP contribution in [0.3, 0.4) is 0 Å². The highest BCUT2D eigenvalue weighted by Gasteiger charge is 2.22. The molecule has 0 aliphatic rings. The van der Waals surface area contributed by atoms with Crippen LogP contribution in [-0.2, 0) is 6.42 Å². The second-order valence-corrected chi connectivity index (χ2v) is 10.0. The lowest BCUT2D eigenvalue weighted by Gasteiger charge is -2.17. The monoisotopic (exact) mass is 617 g/mol. The second-order valence-electron chi connectivity index (χ2n) is 9.24. The third kappa shape index (κ3) is 5.43. The maximum absolute atomic E-state index is 13.5. The molecule has 10 heteroatoms. The summed E-state index contributed by atoms with van der Waals surface area (Å²) in [7, 11) is 3.03. The summed E-state index contributed by atoms with van der Waals surface area (Å²) in [4.78, 5) is 35.8. The van der Waals surface area contributed by atoms with Gasteiger partial charge in [0, 0.05) is 40.6 Å². The minimum absolute atomic E-state index is 0.00597. The van der Waals surface area contributed by atoms with Crippen molar-refractivity contribution < 1.29 is 23.4 Å². The third-order valence-electron chi connectivity index (χ3n) is 6.67. The maximum atomic E-state index is 13.5. The topological polar surface area (TPSA) is 92.5 Å². The summed E-state index contributed by atoms with van der Waals surface area (Å²) < 4.78 is 32.3. The molecule has 0 fully saturated rings. The number of Topliss-reactive ketones (excluding diaryl/α,β-unsaturated/α-hetero) is 1. The average Bonchev–Trinajstić information content (AvgIpc) is 2.97. The molecule has 0 unspecified atom stereocenters. The van der Waals surface area contributed by atoms with Gasteiger partial charge in [0.2, 0.25) is 0 Å². The summed E-state index contributed by atoms with van der Waals surface area (Å²) in [5.74, 6) is 1.02. The first-order valence-corrected chi connectivity index (χ1v) is 13.4. The number of ketones is 1. The predicted octanol–water partition coefficient (Wildman–Crippen LogP) is 6.53. The van der Waals surface area contributed by atoms with E-state index < -0.39 is 11.4 Å². The van der Waals surface area contributed by atoms with Crippen LogP contribution in [0.2, 0.25) is 0 Å². The van der Waals surface area contributed by atoms with Gasteiger partial charge < -0.3 is 14.2 Å². The fourth-order valence-corrected chi connectivity index (χ4v) is 4.97.